The van der Waals surface area contributed by atoms with Crippen molar-refractivity contribution in [2.45, 2.75) is 26.3 Å². The maximum atomic E-state index is 12.9. The molecule has 1 spiro atoms. The lowest BCUT2D eigenvalue weighted by Crippen LogP contribution is -2.32. The molecule has 1 saturated heterocycles. The van der Waals surface area contributed by atoms with Crippen molar-refractivity contribution < 1.29 is 9.59 Å². The van der Waals surface area contributed by atoms with Crippen LogP contribution in [0.25, 0.3) is 0 Å². The number of nitrogens with zero attached hydrogens (tertiary/aromatic N) is 3. The highest BCUT2D eigenvalue weighted by Crippen LogP contribution is 2.59. The Morgan fingerprint density at radius 2 is 2.00 bits per heavy atom. The van der Waals surface area contributed by atoms with Crippen molar-refractivity contribution in [2.75, 3.05) is 20.1 Å². The second kappa shape index (κ2) is 6.80. The van der Waals surface area contributed by atoms with Gasteiger partial charge in [0.05, 0.1) is 12.2 Å². The van der Waals surface area contributed by atoms with Crippen molar-refractivity contribution in [3.8, 4) is 0 Å². The molecule has 1 saturated carbocycles. The van der Waals surface area contributed by atoms with Gasteiger partial charge in [0, 0.05) is 43.2 Å². The molecule has 2 atom stereocenters. The molecule has 0 radical (unpaired) electrons. The number of amides is 2. The summed E-state index contributed by atoms with van der Waals surface area (Å²) in [5.41, 5.74) is 2.64. The Morgan fingerprint density at radius 1 is 1.22 bits per heavy atom. The smallest absolute Gasteiger partial charge is 0.254 e. The van der Waals surface area contributed by atoms with Gasteiger partial charge in [0.2, 0.25) is 5.91 Å². The number of hydrogen-bond acceptors (Lipinski definition) is 3. The van der Waals surface area contributed by atoms with Crippen molar-refractivity contribution in [3.05, 3.63) is 65.5 Å². The van der Waals surface area contributed by atoms with E-state index in [1.54, 1.807) is 11.1 Å². The van der Waals surface area contributed by atoms with Crippen LogP contribution < -0.4 is 0 Å². The number of aryl methyl sites for hydroxylation is 1. The van der Waals surface area contributed by atoms with Gasteiger partial charge in [-0.3, -0.25) is 14.6 Å². The largest absolute Gasteiger partial charge is 0.340 e. The van der Waals surface area contributed by atoms with Crippen LogP contribution in [0.5, 0.6) is 0 Å². The summed E-state index contributed by atoms with van der Waals surface area (Å²) in [7, 11) is 1.84. The van der Waals surface area contributed by atoms with Crippen LogP contribution in [-0.4, -0.2) is 46.7 Å². The quantitative estimate of drug-likeness (QED) is 0.839. The molecule has 2 fully saturated rings. The molecule has 1 aromatic carbocycles. The fourth-order valence-electron chi connectivity index (χ4n) is 4.28. The number of pyridine rings is 1. The van der Waals surface area contributed by atoms with Gasteiger partial charge in [-0.2, -0.15) is 0 Å². The molecule has 5 heteroatoms. The minimum atomic E-state index is -0.0200. The zero-order valence-corrected chi connectivity index (χ0v) is 15.9. The molecule has 0 bridgehead atoms. The van der Waals surface area contributed by atoms with E-state index in [1.165, 1.54) is 0 Å². The van der Waals surface area contributed by atoms with Gasteiger partial charge >= 0.3 is 0 Å². The summed E-state index contributed by atoms with van der Waals surface area (Å²) in [6.07, 6.45) is 3.55. The highest BCUT2D eigenvalue weighted by atomic mass is 16.2. The lowest BCUT2D eigenvalue weighted by atomic mass is 10.0. The average molecular weight is 363 g/mol. The Hall–Kier alpha value is -2.69. The first kappa shape index (κ1) is 17.7. The lowest BCUT2D eigenvalue weighted by Gasteiger charge is -2.20. The van der Waals surface area contributed by atoms with Gasteiger partial charge in [0.15, 0.2) is 0 Å². The number of hydrogen-bond donors (Lipinski definition) is 0. The van der Waals surface area contributed by atoms with Crippen molar-refractivity contribution in [1.29, 1.82) is 0 Å². The summed E-state index contributed by atoms with van der Waals surface area (Å²) >= 11 is 0. The third-order valence-electron chi connectivity index (χ3n) is 6.04. The zero-order chi connectivity index (χ0) is 19.0. The highest BCUT2D eigenvalue weighted by Gasteiger charge is 2.61. The monoisotopic (exact) mass is 363 g/mol. The second-order valence-corrected chi connectivity index (χ2v) is 7.93. The van der Waals surface area contributed by atoms with Crippen LogP contribution in [0, 0.1) is 18.3 Å². The van der Waals surface area contributed by atoms with Gasteiger partial charge in [-0.25, -0.2) is 0 Å². The van der Waals surface area contributed by atoms with E-state index in [2.05, 4.69) is 4.98 Å². The van der Waals surface area contributed by atoms with E-state index in [-0.39, 0.29) is 23.1 Å². The predicted molar refractivity (Wildman–Crippen MR) is 103 cm³/mol. The van der Waals surface area contributed by atoms with Crippen LogP contribution in [-0.2, 0) is 11.3 Å². The molecule has 2 heterocycles. The second-order valence-electron chi connectivity index (χ2n) is 7.93. The lowest BCUT2D eigenvalue weighted by molar-refractivity contribution is -0.132. The zero-order valence-electron chi connectivity index (χ0n) is 15.9. The first-order chi connectivity index (χ1) is 13.0. The number of carbonyl (C=O) groups is 2. The Kier molecular flexibility index (Phi) is 4.46. The molecule has 2 amide bonds. The third-order valence-corrected chi connectivity index (χ3v) is 6.04. The normalized spacial score (nSPS) is 23.5. The minimum Gasteiger partial charge on any atom is -0.340 e. The van der Waals surface area contributed by atoms with Gasteiger partial charge in [-0.1, -0.05) is 24.3 Å². The predicted octanol–water partition coefficient (Wildman–Crippen LogP) is 2.90. The number of benzene rings is 1. The summed E-state index contributed by atoms with van der Waals surface area (Å²) in [4.78, 5) is 33.7. The minimum absolute atomic E-state index is 0.0200. The maximum Gasteiger partial charge on any atom is 0.254 e. The van der Waals surface area contributed by atoms with Crippen LogP contribution >= 0.6 is 0 Å². The Labute approximate surface area is 160 Å². The van der Waals surface area contributed by atoms with Crippen LogP contribution in [0.4, 0.5) is 0 Å². The molecule has 5 nitrogen and oxygen atoms in total. The molecule has 4 rings (SSSR count). The van der Waals surface area contributed by atoms with Crippen LogP contribution in [0.15, 0.2) is 48.7 Å². The molecule has 140 valence electrons. The van der Waals surface area contributed by atoms with E-state index in [9.17, 15) is 9.59 Å². The van der Waals surface area contributed by atoms with Gasteiger partial charge < -0.3 is 9.80 Å². The van der Waals surface area contributed by atoms with Crippen LogP contribution in [0.1, 0.15) is 34.5 Å². The van der Waals surface area contributed by atoms with E-state index in [1.807, 2.05) is 61.3 Å². The van der Waals surface area contributed by atoms with Gasteiger partial charge in [0.1, 0.15) is 0 Å². The highest BCUT2D eigenvalue weighted by molar-refractivity contribution is 5.96. The number of likely N-dealkylation sites (tertiary alicyclic amines) is 1. The SMILES string of the molecule is Cc1ccccc1C(=O)N1CCC2(CC2C(=O)N(C)Cc2ccccn2)C1. The Balaban J connectivity index is 1.39. The molecule has 2 unspecified atom stereocenters. The molecule has 1 aliphatic heterocycles. The molecule has 1 aromatic heterocycles. The van der Waals surface area contributed by atoms with Crippen molar-refractivity contribution in [3.63, 3.8) is 0 Å². The maximum absolute atomic E-state index is 12.9. The number of rotatable bonds is 4. The van der Waals surface area contributed by atoms with E-state index in [0.29, 0.717) is 13.1 Å². The van der Waals surface area contributed by atoms with E-state index in [0.717, 1.165) is 36.2 Å². The third kappa shape index (κ3) is 3.34. The summed E-state index contributed by atoms with van der Waals surface area (Å²) in [5.74, 6) is 0.289. The number of carbonyl (C=O) groups excluding carboxylic acids is 2. The molecule has 2 aliphatic rings. The first-order valence-electron chi connectivity index (χ1n) is 9.50. The van der Waals surface area contributed by atoms with Crippen molar-refractivity contribution >= 4 is 11.8 Å². The molecule has 0 N–H and O–H groups in total. The van der Waals surface area contributed by atoms with Gasteiger partial charge in [0.25, 0.3) is 5.91 Å². The topological polar surface area (TPSA) is 53.5 Å². The first-order valence-corrected chi connectivity index (χ1v) is 9.50. The fraction of sp³-hybridized carbons (Fsp3) is 0.409. The summed E-state index contributed by atoms with van der Waals surface area (Å²) in [5, 5.41) is 0. The standard InChI is InChI=1S/C22H25N3O2/c1-16-7-3-4-9-18(16)20(26)25-12-10-22(15-25)13-19(22)21(27)24(2)14-17-8-5-6-11-23-17/h3-9,11,19H,10,12-15H2,1-2H3. The Bertz CT molecular complexity index is 867. The molecule has 27 heavy (non-hydrogen) atoms. The molecular weight excluding hydrogens is 338 g/mol. The van der Waals surface area contributed by atoms with E-state index >= 15 is 0 Å². The van der Waals surface area contributed by atoms with Crippen LogP contribution in [0.3, 0.4) is 0 Å². The van der Waals surface area contributed by atoms with E-state index in [4.69, 9.17) is 0 Å². The Morgan fingerprint density at radius 3 is 2.74 bits per heavy atom. The van der Waals surface area contributed by atoms with Crippen molar-refractivity contribution in [1.82, 2.24) is 14.8 Å². The summed E-state index contributed by atoms with van der Waals surface area (Å²) < 4.78 is 0. The molecule has 2 aromatic rings. The van der Waals surface area contributed by atoms with E-state index < -0.39 is 0 Å². The molecule has 1 aliphatic carbocycles. The van der Waals surface area contributed by atoms with Crippen LogP contribution in [0.2, 0.25) is 0 Å². The average Bonchev–Trinajstić information content (AvgIpc) is 3.21. The molecular formula is C22H25N3O2. The fourth-order valence-corrected chi connectivity index (χ4v) is 4.28. The summed E-state index contributed by atoms with van der Waals surface area (Å²) in [6.45, 7) is 3.92. The van der Waals surface area contributed by atoms with Gasteiger partial charge in [-0.15, -0.1) is 0 Å². The summed E-state index contributed by atoms with van der Waals surface area (Å²) in [6, 6.07) is 13.5. The van der Waals surface area contributed by atoms with Gasteiger partial charge in [-0.05, 0) is 43.5 Å². The number of aromatic nitrogens is 1. The van der Waals surface area contributed by atoms with Crippen molar-refractivity contribution in [2.24, 2.45) is 11.3 Å².